The van der Waals surface area contributed by atoms with Gasteiger partial charge in [0.1, 0.15) is 0 Å². The minimum Gasteiger partial charge on any atom is -0.352 e. The van der Waals surface area contributed by atoms with Crippen LogP contribution < -0.4 is 10.6 Å². The molecule has 2 heterocycles. The molecule has 2 aromatic rings. The van der Waals surface area contributed by atoms with Gasteiger partial charge in [-0.05, 0) is 23.3 Å². The highest BCUT2D eigenvalue weighted by atomic mass is 35.5. The van der Waals surface area contributed by atoms with Gasteiger partial charge in [-0.15, -0.1) is 12.4 Å². The number of alkyl halides is 3. The number of hydrogen-bond donors (Lipinski definition) is 2. The van der Waals surface area contributed by atoms with Crippen LogP contribution in [-0.4, -0.2) is 28.8 Å². The maximum atomic E-state index is 12.6. The molecule has 0 saturated carbocycles. The van der Waals surface area contributed by atoms with Crippen molar-refractivity contribution in [3.05, 3.63) is 53.3 Å². The fourth-order valence-corrected chi connectivity index (χ4v) is 3.07. The van der Waals surface area contributed by atoms with Gasteiger partial charge < -0.3 is 10.6 Å². The lowest BCUT2D eigenvalue weighted by atomic mass is 9.90. The summed E-state index contributed by atoms with van der Waals surface area (Å²) in [5, 5.41) is 10.2. The molecule has 0 spiro atoms. The summed E-state index contributed by atoms with van der Waals surface area (Å²) in [5.74, 6) is -0.293. The van der Waals surface area contributed by atoms with Crippen molar-refractivity contribution in [1.29, 1.82) is 0 Å². The summed E-state index contributed by atoms with van der Waals surface area (Å²) < 4.78 is 39.4. The van der Waals surface area contributed by atoms with Crippen LogP contribution in [0.2, 0.25) is 0 Å². The van der Waals surface area contributed by atoms with Crippen LogP contribution in [0.15, 0.2) is 36.7 Å². The molecule has 3 rings (SSSR count). The van der Waals surface area contributed by atoms with Gasteiger partial charge in [0.25, 0.3) is 0 Å². The summed E-state index contributed by atoms with van der Waals surface area (Å²) in [6, 6.07) is 4.82. The van der Waals surface area contributed by atoms with E-state index >= 15 is 0 Å². The molecule has 1 aromatic heterocycles. The van der Waals surface area contributed by atoms with Crippen LogP contribution in [0.25, 0.3) is 0 Å². The van der Waals surface area contributed by atoms with E-state index in [1.54, 1.807) is 10.9 Å². The van der Waals surface area contributed by atoms with E-state index < -0.39 is 11.7 Å². The second kappa shape index (κ2) is 8.09. The summed E-state index contributed by atoms with van der Waals surface area (Å²) in [7, 11) is 1.82. The Hall–Kier alpha value is -2.06. The second-order valence-corrected chi connectivity index (χ2v) is 6.23. The van der Waals surface area contributed by atoms with Gasteiger partial charge in [0.05, 0.1) is 17.7 Å². The Bertz CT molecular complexity index is 745. The van der Waals surface area contributed by atoms with E-state index in [1.807, 2.05) is 13.2 Å². The molecule has 1 aromatic carbocycles. The molecular formula is C17H20ClF3N4O. The third kappa shape index (κ3) is 4.56. The SMILES string of the molecule is Cl.Cn1cc([C@H]2CNC[C@@H]2C(=O)NCc2ccc(C(F)(F)F)cc2)cn1. The Balaban J connectivity index is 0.00000243. The number of rotatable bonds is 4. The summed E-state index contributed by atoms with van der Waals surface area (Å²) in [5.41, 5.74) is 0.937. The molecule has 1 fully saturated rings. The molecule has 142 valence electrons. The van der Waals surface area contributed by atoms with E-state index in [0.29, 0.717) is 18.7 Å². The molecule has 1 saturated heterocycles. The van der Waals surface area contributed by atoms with Crippen molar-refractivity contribution in [1.82, 2.24) is 20.4 Å². The monoisotopic (exact) mass is 388 g/mol. The normalized spacial score (nSPS) is 19.8. The lowest BCUT2D eigenvalue weighted by Crippen LogP contribution is -2.33. The summed E-state index contributed by atoms with van der Waals surface area (Å²) in [4.78, 5) is 12.5. The van der Waals surface area contributed by atoms with Gasteiger partial charge >= 0.3 is 6.18 Å². The third-order valence-electron chi connectivity index (χ3n) is 4.45. The average molecular weight is 389 g/mol. The maximum Gasteiger partial charge on any atom is 0.416 e. The van der Waals surface area contributed by atoms with Crippen molar-refractivity contribution in [2.75, 3.05) is 13.1 Å². The van der Waals surface area contributed by atoms with E-state index in [2.05, 4.69) is 15.7 Å². The van der Waals surface area contributed by atoms with Crippen LogP contribution in [0, 0.1) is 5.92 Å². The number of aryl methyl sites for hydroxylation is 1. The van der Waals surface area contributed by atoms with Gasteiger partial charge in [-0.1, -0.05) is 12.1 Å². The number of aromatic nitrogens is 2. The first-order valence-electron chi connectivity index (χ1n) is 7.97. The van der Waals surface area contributed by atoms with E-state index in [-0.39, 0.29) is 36.7 Å². The number of carbonyl (C=O) groups is 1. The Morgan fingerprint density at radius 1 is 1.31 bits per heavy atom. The van der Waals surface area contributed by atoms with Crippen LogP contribution >= 0.6 is 12.4 Å². The van der Waals surface area contributed by atoms with Gasteiger partial charge in [-0.2, -0.15) is 18.3 Å². The van der Waals surface area contributed by atoms with Crippen LogP contribution in [-0.2, 0) is 24.6 Å². The second-order valence-electron chi connectivity index (χ2n) is 6.23. The summed E-state index contributed by atoms with van der Waals surface area (Å²) in [6.07, 6.45) is -0.699. The molecule has 0 aliphatic carbocycles. The summed E-state index contributed by atoms with van der Waals surface area (Å²) in [6.45, 7) is 1.47. The third-order valence-corrected chi connectivity index (χ3v) is 4.45. The largest absolute Gasteiger partial charge is 0.416 e. The first kappa shape index (κ1) is 20.3. The minimum atomic E-state index is -4.35. The van der Waals surface area contributed by atoms with Gasteiger partial charge in [-0.3, -0.25) is 9.48 Å². The average Bonchev–Trinajstić information content (AvgIpc) is 3.20. The van der Waals surface area contributed by atoms with E-state index in [4.69, 9.17) is 0 Å². The van der Waals surface area contributed by atoms with Crippen molar-refractivity contribution in [2.45, 2.75) is 18.6 Å². The van der Waals surface area contributed by atoms with E-state index in [1.165, 1.54) is 12.1 Å². The minimum absolute atomic E-state index is 0. The highest BCUT2D eigenvalue weighted by Gasteiger charge is 2.34. The van der Waals surface area contributed by atoms with Crippen molar-refractivity contribution in [2.24, 2.45) is 13.0 Å². The molecule has 0 unspecified atom stereocenters. The Labute approximate surface area is 155 Å². The fraction of sp³-hybridized carbons (Fsp3) is 0.412. The van der Waals surface area contributed by atoms with Gasteiger partial charge in [0.15, 0.2) is 0 Å². The number of hydrogen-bond acceptors (Lipinski definition) is 3. The molecule has 1 amide bonds. The molecular weight excluding hydrogens is 369 g/mol. The van der Waals surface area contributed by atoms with Gasteiger partial charge in [0, 0.05) is 38.8 Å². The number of halogens is 4. The zero-order chi connectivity index (χ0) is 18.0. The lowest BCUT2D eigenvalue weighted by molar-refractivity contribution is -0.137. The Morgan fingerprint density at radius 2 is 2.00 bits per heavy atom. The van der Waals surface area contributed by atoms with Crippen molar-refractivity contribution < 1.29 is 18.0 Å². The molecule has 2 N–H and O–H groups in total. The quantitative estimate of drug-likeness (QED) is 0.846. The van der Waals surface area contributed by atoms with Crippen LogP contribution in [0.1, 0.15) is 22.6 Å². The molecule has 1 aliphatic heterocycles. The maximum absolute atomic E-state index is 12.6. The number of carbonyl (C=O) groups excluding carboxylic acids is 1. The Kier molecular flexibility index (Phi) is 6.30. The number of nitrogens with one attached hydrogen (secondary N) is 2. The predicted molar refractivity (Wildman–Crippen MR) is 92.8 cm³/mol. The highest BCUT2D eigenvalue weighted by Crippen LogP contribution is 2.29. The zero-order valence-electron chi connectivity index (χ0n) is 14.1. The fourth-order valence-electron chi connectivity index (χ4n) is 3.07. The van der Waals surface area contributed by atoms with Crippen LogP contribution in [0.5, 0.6) is 0 Å². The highest BCUT2D eigenvalue weighted by molar-refractivity contribution is 5.85. The number of nitrogens with zero attached hydrogens (tertiary/aromatic N) is 2. The number of benzene rings is 1. The van der Waals surface area contributed by atoms with E-state index in [9.17, 15) is 18.0 Å². The zero-order valence-corrected chi connectivity index (χ0v) is 14.9. The standard InChI is InChI=1S/C17H19F3N4O.ClH/c1-24-10-12(7-23-24)14-8-21-9-15(14)16(25)22-6-11-2-4-13(5-3-11)17(18,19)20;/h2-5,7,10,14-15,21H,6,8-9H2,1H3,(H,22,25);1H/t14-,15+;/m1./s1. The van der Waals surface area contributed by atoms with Crippen molar-refractivity contribution >= 4 is 18.3 Å². The van der Waals surface area contributed by atoms with Gasteiger partial charge in [0.2, 0.25) is 5.91 Å². The summed E-state index contributed by atoms with van der Waals surface area (Å²) >= 11 is 0. The molecule has 1 aliphatic rings. The van der Waals surface area contributed by atoms with Crippen molar-refractivity contribution in [3.8, 4) is 0 Å². The van der Waals surface area contributed by atoms with Gasteiger partial charge in [-0.25, -0.2) is 0 Å². The molecule has 0 bridgehead atoms. The first-order valence-corrected chi connectivity index (χ1v) is 7.97. The van der Waals surface area contributed by atoms with Crippen molar-refractivity contribution in [3.63, 3.8) is 0 Å². The van der Waals surface area contributed by atoms with E-state index in [0.717, 1.165) is 17.7 Å². The first-order chi connectivity index (χ1) is 11.8. The number of amides is 1. The molecule has 2 atom stereocenters. The Morgan fingerprint density at radius 3 is 2.58 bits per heavy atom. The van der Waals surface area contributed by atoms with Crippen LogP contribution in [0.4, 0.5) is 13.2 Å². The molecule has 26 heavy (non-hydrogen) atoms. The topological polar surface area (TPSA) is 59.0 Å². The van der Waals surface area contributed by atoms with Crippen LogP contribution in [0.3, 0.4) is 0 Å². The smallest absolute Gasteiger partial charge is 0.352 e. The predicted octanol–water partition coefficient (Wildman–Crippen LogP) is 2.48. The molecule has 5 nitrogen and oxygen atoms in total. The lowest BCUT2D eigenvalue weighted by Gasteiger charge is -2.17. The molecule has 9 heteroatoms. The molecule has 0 radical (unpaired) electrons.